The smallest absolute Gasteiger partial charge is 0.422 e. The molecule has 0 atom stereocenters. The summed E-state index contributed by atoms with van der Waals surface area (Å²) >= 11 is 0. The molecule has 0 radical (unpaired) electrons. The van der Waals surface area contributed by atoms with Crippen molar-refractivity contribution in [3.8, 4) is 5.75 Å². The summed E-state index contributed by atoms with van der Waals surface area (Å²) in [7, 11) is 1.53. The third-order valence-electron chi connectivity index (χ3n) is 3.57. The number of rotatable bonds is 4. The maximum absolute atomic E-state index is 12.5. The topological polar surface area (TPSA) is 105 Å². The Bertz CT molecular complexity index is 1030. The molecule has 0 spiro atoms. The van der Waals surface area contributed by atoms with E-state index in [9.17, 15) is 19.7 Å². The van der Waals surface area contributed by atoms with Crippen LogP contribution in [0.4, 0.5) is 5.69 Å². The largest absolute Gasteiger partial charge is 0.497 e. The Morgan fingerprint density at radius 2 is 1.88 bits per heavy atom. The van der Waals surface area contributed by atoms with E-state index in [-0.39, 0.29) is 23.2 Å². The minimum Gasteiger partial charge on any atom is -0.497 e. The molecule has 0 aliphatic carbocycles. The molecule has 2 aromatic carbocycles. The van der Waals surface area contributed by atoms with Crippen LogP contribution in [-0.4, -0.2) is 16.6 Å². The first-order chi connectivity index (χ1) is 11.5. The fraction of sp³-hybridized carbons (Fsp3) is 0.125. The molecular weight excluding hydrogens is 316 g/mol. The van der Waals surface area contributed by atoms with Gasteiger partial charge in [0.15, 0.2) is 0 Å². The molecule has 0 aliphatic rings. The predicted octanol–water partition coefficient (Wildman–Crippen LogP) is 1.92. The van der Waals surface area contributed by atoms with Crippen LogP contribution in [0.5, 0.6) is 5.75 Å². The van der Waals surface area contributed by atoms with Crippen molar-refractivity contribution in [2.75, 3.05) is 7.11 Å². The van der Waals surface area contributed by atoms with Crippen LogP contribution in [0.3, 0.4) is 0 Å². The lowest BCUT2D eigenvalue weighted by Crippen LogP contribution is -2.32. The van der Waals surface area contributed by atoms with Crippen LogP contribution in [0, 0.1) is 10.1 Å². The molecule has 3 aromatic rings. The summed E-state index contributed by atoms with van der Waals surface area (Å²) in [5.41, 5.74) is -0.179. The maximum Gasteiger partial charge on any atom is 0.422 e. The summed E-state index contributed by atoms with van der Waals surface area (Å²) in [6, 6.07) is 10.4. The highest BCUT2D eigenvalue weighted by atomic mass is 16.6. The van der Waals surface area contributed by atoms with E-state index in [1.165, 1.54) is 19.2 Å². The normalized spacial score (nSPS) is 10.7. The fourth-order valence-electron chi connectivity index (χ4n) is 2.32. The maximum atomic E-state index is 12.5. The highest BCUT2D eigenvalue weighted by Gasteiger charge is 2.14. The first-order valence-electron chi connectivity index (χ1n) is 6.94. The molecule has 0 amide bonds. The molecule has 0 saturated heterocycles. The van der Waals surface area contributed by atoms with E-state index in [2.05, 4.69) is 0 Å². The molecule has 0 bridgehead atoms. The van der Waals surface area contributed by atoms with E-state index in [4.69, 9.17) is 9.15 Å². The van der Waals surface area contributed by atoms with Gasteiger partial charge < -0.3 is 9.15 Å². The van der Waals surface area contributed by atoms with Crippen LogP contribution in [0.2, 0.25) is 0 Å². The van der Waals surface area contributed by atoms with Crippen LogP contribution in [0.15, 0.2) is 56.5 Å². The van der Waals surface area contributed by atoms with Gasteiger partial charge in [-0.1, -0.05) is 12.1 Å². The lowest BCUT2D eigenvalue weighted by molar-refractivity contribution is -0.384. The predicted molar refractivity (Wildman–Crippen MR) is 85.5 cm³/mol. The molecule has 0 saturated carbocycles. The number of nitrogens with zero attached hydrogens (tertiary/aromatic N) is 2. The summed E-state index contributed by atoms with van der Waals surface area (Å²) in [6.07, 6.45) is 0. The zero-order valence-corrected chi connectivity index (χ0v) is 12.6. The monoisotopic (exact) mass is 328 g/mol. The zero-order chi connectivity index (χ0) is 17.3. The lowest BCUT2D eigenvalue weighted by Gasteiger charge is -2.06. The summed E-state index contributed by atoms with van der Waals surface area (Å²) < 4.78 is 11.0. The molecule has 1 heterocycles. The number of methoxy groups -OCH3 is 1. The van der Waals surface area contributed by atoms with E-state index in [1.54, 1.807) is 24.3 Å². The highest BCUT2D eigenvalue weighted by molar-refractivity contribution is 5.78. The van der Waals surface area contributed by atoms with Crippen molar-refractivity contribution in [1.29, 1.82) is 0 Å². The van der Waals surface area contributed by atoms with Crippen LogP contribution in [0.1, 0.15) is 5.56 Å². The Kier molecular flexibility index (Phi) is 3.87. The molecule has 0 fully saturated rings. The lowest BCUT2D eigenvalue weighted by atomic mass is 10.2. The number of nitro benzene ring substituents is 1. The number of ether oxygens (including phenoxy) is 1. The molecule has 8 nitrogen and oxygen atoms in total. The zero-order valence-electron chi connectivity index (χ0n) is 12.6. The van der Waals surface area contributed by atoms with Gasteiger partial charge in [0, 0.05) is 12.1 Å². The van der Waals surface area contributed by atoms with E-state index in [0.717, 1.165) is 10.6 Å². The molecule has 8 heteroatoms. The number of non-ortho nitro benzene ring substituents is 1. The molecule has 0 unspecified atom stereocenters. The summed E-state index contributed by atoms with van der Waals surface area (Å²) in [6.45, 7) is -0.0101. The van der Waals surface area contributed by atoms with Gasteiger partial charge in [0.1, 0.15) is 11.3 Å². The number of benzene rings is 2. The van der Waals surface area contributed by atoms with E-state index in [0.29, 0.717) is 11.3 Å². The average molecular weight is 328 g/mol. The molecule has 3 rings (SSSR count). The quantitative estimate of drug-likeness (QED) is 0.535. The molecule has 1 aromatic heterocycles. The Labute approximate surface area is 134 Å². The van der Waals surface area contributed by atoms with Gasteiger partial charge in [0.05, 0.1) is 24.0 Å². The van der Waals surface area contributed by atoms with E-state index in [1.807, 2.05) is 0 Å². The fourth-order valence-corrected chi connectivity index (χ4v) is 2.32. The van der Waals surface area contributed by atoms with Crippen molar-refractivity contribution >= 4 is 16.7 Å². The number of nitro groups is 1. The van der Waals surface area contributed by atoms with Gasteiger partial charge in [-0.3, -0.25) is 14.9 Å². The molecule has 0 N–H and O–H groups in total. The van der Waals surface area contributed by atoms with Gasteiger partial charge in [0.2, 0.25) is 0 Å². The average Bonchev–Trinajstić information content (AvgIpc) is 2.58. The first kappa shape index (κ1) is 15.5. The summed E-state index contributed by atoms with van der Waals surface area (Å²) in [5.74, 6) is -0.176. The van der Waals surface area contributed by atoms with Crippen molar-refractivity contribution in [3.63, 3.8) is 0 Å². The SMILES string of the molecule is COc1ccc(Cn2c(=O)oc3ccc([N+](=O)[O-])cc3c2=O)cc1. The Hall–Kier alpha value is -3.42. The molecule has 122 valence electrons. The summed E-state index contributed by atoms with van der Waals surface area (Å²) in [4.78, 5) is 34.8. The van der Waals surface area contributed by atoms with Gasteiger partial charge in [-0.2, -0.15) is 0 Å². The summed E-state index contributed by atoms with van der Waals surface area (Å²) in [5, 5.41) is 10.8. The molecular formula is C16H12N2O6. The van der Waals surface area contributed by atoms with Gasteiger partial charge in [-0.05, 0) is 23.8 Å². The van der Waals surface area contributed by atoms with Gasteiger partial charge in [-0.15, -0.1) is 0 Å². The third-order valence-corrected chi connectivity index (χ3v) is 3.57. The molecule has 24 heavy (non-hydrogen) atoms. The second kappa shape index (κ2) is 5.99. The second-order valence-electron chi connectivity index (χ2n) is 5.04. The number of aromatic nitrogens is 1. The van der Waals surface area contributed by atoms with Crippen LogP contribution >= 0.6 is 0 Å². The van der Waals surface area contributed by atoms with Crippen molar-refractivity contribution in [3.05, 3.63) is 79.0 Å². The number of fused-ring (bicyclic) bond motifs is 1. The van der Waals surface area contributed by atoms with Crippen molar-refractivity contribution in [2.24, 2.45) is 0 Å². The van der Waals surface area contributed by atoms with Crippen molar-refractivity contribution in [1.82, 2.24) is 4.57 Å². The van der Waals surface area contributed by atoms with Crippen molar-refractivity contribution in [2.45, 2.75) is 6.54 Å². The minimum atomic E-state index is -0.822. The third kappa shape index (κ3) is 2.76. The highest BCUT2D eigenvalue weighted by Crippen LogP contribution is 2.17. The standard InChI is InChI=1S/C16H12N2O6/c1-23-12-5-2-10(3-6-12)9-17-15(19)13-8-11(18(21)22)4-7-14(13)24-16(17)20/h2-8H,9H2,1H3. The Balaban J connectivity index is 2.11. The van der Waals surface area contributed by atoms with Gasteiger partial charge in [0.25, 0.3) is 11.2 Å². The Morgan fingerprint density at radius 3 is 2.50 bits per heavy atom. The number of hydrogen-bond donors (Lipinski definition) is 0. The van der Waals surface area contributed by atoms with E-state index < -0.39 is 16.2 Å². The second-order valence-corrected chi connectivity index (χ2v) is 5.04. The first-order valence-corrected chi connectivity index (χ1v) is 6.94. The van der Waals surface area contributed by atoms with E-state index >= 15 is 0 Å². The number of hydrogen-bond acceptors (Lipinski definition) is 6. The minimum absolute atomic E-state index is 0.0101. The van der Waals surface area contributed by atoms with Crippen molar-refractivity contribution < 1.29 is 14.1 Å². The molecule has 0 aliphatic heterocycles. The van der Waals surface area contributed by atoms with Crippen LogP contribution in [0.25, 0.3) is 11.0 Å². The van der Waals surface area contributed by atoms with Gasteiger partial charge >= 0.3 is 5.76 Å². The van der Waals surface area contributed by atoms with Crippen LogP contribution < -0.4 is 16.1 Å². The Morgan fingerprint density at radius 1 is 1.17 bits per heavy atom. The van der Waals surface area contributed by atoms with Crippen LogP contribution in [-0.2, 0) is 6.54 Å². The van der Waals surface area contributed by atoms with Gasteiger partial charge in [-0.25, -0.2) is 9.36 Å².